The molecule has 3 rings (SSSR count). The average Bonchev–Trinajstić information content (AvgIpc) is 3.77. The third-order valence-corrected chi connectivity index (χ3v) is 10.2. The lowest BCUT2D eigenvalue weighted by atomic mass is 9.98. The van der Waals surface area contributed by atoms with Gasteiger partial charge in [0.05, 0.1) is 48.8 Å². The first-order chi connectivity index (χ1) is 21.8. The standard InChI is InChI=1S/C37H66O8/c1-3-4-5-12-16-29(38)17-14-19-31(39)35-24-25-36(45-35)33(41)22-21-32(40)34-23-20-30(44-34)18-13-10-8-6-7-9-11-15-28-26-27(2)43-37(28)42/h26-27,29-36,38-41H,3-25H2,1-2H3/t27-,29-,30-,31-,32-,33+,34-,35+,36+/m0/s1. The van der Waals surface area contributed by atoms with Crippen molar-refractivity contribution < 1.29 is 39.4 Å². The van der Waals surface area contributed by atoms with E-state index in [2.05, 4.69) is 6.92 Å². The number of carbonyl (C=O) groups excluding carboxylic acids is 1. The highest BCUT2D eigenvalue weighted by Gasteiger charge is 2.36. The molecule has 3 heterocycles. The van der Waals surface area contributed by atoms with Crippen LogP contribution in [0.3, 0.4) is 0 Å². The number of hydrogen-bond acceptors (Lipinski definition) is 8. The molecule has 0 aromatic heterocycles. The van der Waals surface area contributed by atoms with Crippen molar-refractivity contribution in [3.05, 3.63) is 11.6 Å². The maximum atomic E-state index is 11.7. The van der Waals surface area contributed by atoms with Crippen LogP contribution in [-0.2, 0) is 19.0 Å². The number of aliphatic hydroxyl groups excluding tert-OH is 4. The molecule has 0 unspecified atom stereocenters. The van der Waals surface area contributed by atoms with Crippen molar-refractivity contribution in [1.82, 2.24) is 0 Å². The van der Waals surface area contributed by atoms with Crippen LogP contribution < -0.4 is 0 Å². The summed E-state index contributed by atoms with van der Waals surface area (Å²) in [6.07, 6.45) is 21.2. The van der Waals surface area contributed by atoms with Gasteiger partial charge in [0.2, 0.25) is 0 Å². The largest absolute Gasteiger partial charge is 0.455 e. The molecule has 3 aliphatic rings. The molecule has 0 spiro atoms. The number of esters is 1. The van der Waals surface area contributed by atoms with E-state index in [9.17, 15) is 25.2 Å². The maximum Gasteiger partial charge on any atom is 0.334 e. The van der Waals surface area contributed by atoms with Gasteiger partial charge in [-0.1, -0.05) is 71.1 Å². The van der Waals surface area contributed by atoms with Crippen molar-refractivity contribution in [1.29, 1.82) is 0 Å². The first-order valence-electron chi connectivity index (χ1n) is 18.7. The molecular weight excluding hydrogens is 572 g/mol. The number of unbranched alkanes of at least 4 members (excludes halogenated alkanes) is 9. The van der Waals surface area contributed by atoms with E-state index < -0.39 is 18.3 Å². The molecule has 0 aliphatic carbocycles. The second-order valence-corrected chi connectivity index (χ2v) is 14.2. The topological polar surface area (TPSA) is 126 Å². The number of aliphatic hydroxyl groups is 4. The Labute approximate surface area is 273 Å². The monoisotopic (exact) mass is 638 g/mol. The molecule has 4 N–H and O–H groups in total. The summed E-state index contributed by atoms with van der Waals surface area (Å²) in [5.41, 5.74) is 0.846. The van der Waals surface area contributed by atoms with E-state index in [-0.39, 0.29) is 42.6 Å². The zero-order valence-electron chi connectivity index (χ0n) is 28.5. The van der Waals surface area contributed by atoms with Gasteiger partial charge >= 0.3 is 5.97 Å². The molecule has 0 radical (unpaired) electrons. The molecule has 45 heavy (non-hydrogen) atoms. The van der Waals surface area contributed by atoms with Crippen molar-refractivity contribution in [3.63, 3.8) is 0 Å². The fourth-order valence-corrected chi connectivity index (χ4v) is 7.28. The number of ether oxygens (including phenoxy) is 3. The first-order valence-corrected chi connectivity index (χ1v) is 18.7. The fourth-order valence-electron chi connectivity index (χ4n) is 7.28. The molecule has 0 saturated carbocycles. The lowest BCUT2D eigenvalue weighted by Gasteiger charge is -2.24. The van der Waals surface area contributed by atoms with E-state index >= 15 is 0 Å². The summed E-state index contributed by atoms with van der Waals surface area (Å²) in [5.74, 6) is -0.138. The Bertz CT molecular complexity index is 833. The van der Waals surface area contributed by atoms with Crippen LogP contribution in [0.2, 0.25) is 0 Å². The van der Waals surface area contributed by atoms with Crippen LogP contribution in [0.25, 0.3) is 0 Å². The van der Waals surface area contributed by atoms with Gasteiger partial charge in [0.1, 0.15) is 6.10 Å². The van der Waals surface area contributed by atoms with Crippen molar-refractivity contribution in [2.45, 2.75) is 216 Å². The fraction of sp³-hybridized carbons (Fsp3) is 0.919. The van der Waals surface area contributed by atoms with Crippen LogP contribution in [-0.4, -0.2) is 81.3 Å². The van der Waals surface area contributed by atoms with E-state index in [1.807, 2.05) is 13.0 Å². The molecule has 2 fully saturated rings. The first kappa shape index (κ1) is 38.4. The summed E-state index contributed by atoms with van der Waals surface area (Å²) in [4.78, 5) is 11.7. The molecule has 2 saturated heterocycles. The van der Waals surface area contributed by atoms with Crippen molar-refractivity contribution in [2.75, 3.05) is 0 Å². The van der Waals surface area contributed by atoms with E-state index in [1.54, 1.807) is 0 Å². The highest BCUT2D eigenvalue weighted by atomic mass is 16.5. The number of rotatable bonds is 25. The van der Waals surface area contributed by atoms with Crippen LogP contribution in [0.4, 0.5) is 0 Å². The van der Waals surface area contributed by atoms with Gasteiger partial charge in [-0.15, -0.1) is 0 Å². The molecule has 9 atom stereocenters. The van der Waals surface area contributed by atoms with Gasteiger partial charge in [0.25, 0.3) is 0 Å². The second kappa shape index (κ2) is 21.8. The summed E-state index contributed by atoms with van der Waals surface area (Å²) < 4.78 is 17.4. The second-order valence-electron chi connectivity index (χ2n) is 14.2. The van der Waals surface area contributed by atoms with E-state index in [4.69, 9.17) is 14.2 Å². The summed E-state index contributed by atoms with van der Waals surface area (Å²) in [6.45, 7) is 4.09. The highest BCUT2D eigenvalue weighted by Crippen LogP contribution is 2.31. The highest BCUT2D eigenvalue weighted by molar-refractivity contribution is 5.90. The van der Waals surface area contributed by atoms with Gasteiger partial charge in [-0.05, 0) is 96.5 Å². The molecule has 0 bridgehead atoms. The SMILES string of the molecule is CCCCCC[C@H](O)CCC[C@H](O)[C@H]1CC[C@H]([C@H](O)CC[C@H](O)[C@@H]2CC[C@H](CCCCCCCCCC3=C[C@H](C)OC3=O)O2)O1. The van der Waals surface area contributed by atoms with Gasteiger partial charge in [-0.2, -0.15) is 0 Å². The van der Waals surface area contributed by atoms with E-state index in [0.29, 0.717) is 25.7 Å². The Hall–Kier alpha value is -1.03. The third kappa shape index (κ3) is 14.7. The van der Waals surface area contributed by atoms with E-state index in [0.717, 1.165) is 82.6 Å². The van der Waals surface area contributed by atoms with Gasteiger partial charge in [-0.3, -0.25) is 0 Å². The molecule has 0 aromatic carbocycles. The molecule has 8 nitrogen and oxygen atoms in total. The predicted octanol–water partition coefficient (Wildman–Crippen LogP) is 6.83. The molecular formula is C37H66O8. The molecule has 3 aliphatic heterocycles. The Balaban J connectivity index is 1.16. The van der Waals surface area contributed by atoms with E-state index in [1.165, 1.54) is 44.9 Å². The summed E-state index contributed by atoms with van der Waals surface area (Å²) in [5, 5.41) is 42.3. The van der Waals surface area contributed by atoms with Gasteiger partial charge in [-0.25, -0.2) is 4.79 Å². The third-order valence-electron chi connectivity index (χ3n) is 10.2. The quantitative estimate of drug-likeness (QED) is 0.0634. The van der Waals surface area contributed by atoms with Crippen molar-refractivity contribution >= 4 is 5.97 Å². The minimum absolute atomic E-state index is 0.0675. The lowest BCUT2D eigenvalue weighted by Crippen LogP contribution is -2.33. The van der Waals surface area contributed by atoms with Gasteiger partial charge in [0.15, 0.2) is 0 Å². The minimum atomic E-state index is -0.654. The number of cyclic esters (lactones) is 1. The van der Waals surface area contributed by atoms with Crippen molar-refractivity contribution in [3.8, 4) is 0 Å². The Morgan fingerprint density at radius 1 is 0.667 bits per heavy atom. The molecule has 262 valence electrons. The maximum absolute atomic E-state index is 11.7. The summed E-state index contributed by atoms with van der Waals surface area (Å²) >= 11 is 0. The zero-order chi connectivity index (χ0) is 32.4. The van der Waals surface area contributed by atoms with Crippen LogP contribution in [0.5, 0.6) is 0 Å². The smallest absolute Gasteiger partial charge is 0.334 e. The number of carbonyl (C=O) groups is 1. The minimum Gasteiger partial charge on any atom is -0.455 e. The average molecular weight is 639 g/mol. The Morgan fingerprint density at radius 2 is 1.22 bits per heavy atom. The van der Waals surface area contributed by atoms with Gasteiger partial charge in [0, 0.05) is 5.57 Å². The number of hydrogen-bond donors (Lipinski definition) is 4. The Kier molecular flexibility index (Phi) is 18.6. The molecule has 0 amide bonds. The molecule has 0 aromatic rings. The van der Waals surface area contributed by atoms with Crippen LogP contribution in [0.1, 0.15) is 162 Å². The Morgan fingerprint density at radius 3 is 1.87 bits per heavy atom. The van der Waals surface area contributed by atoms with Crippen molar-refractivity contribution in [2.24, 2.45) is 0 Å². The van der Waals surface area contributed by atoms with Crippen LogP contribution in [0.15, 0.2) is 11.6 Å². The summed E-state index contributed by atoms with van der Waals surface area (Å²) in [6, 6.07) is 0. The van der Waals surface area contributed by atoms with Crippen LogP contribution in [0, 0.1) is 0 Å². The van der Waals surface area contributed by atoms with Crippen LogP contribution >= 0.6 is 0 Å². The lowest BCUT2D eigenvalue weighted by molar-refractivity contribution is -0.139. The normalized spacial score (nSPS) is 27.8. The predicted molar refractivity (Wildman–Crippen MR) is 177 cm³/mol. The molecule has 8 heteroatoms. The summed E-state index contributed by atoms with van der Waals surface area (Å²) in [7, 11) is 0. The van der Waals surface area contributed by atoms with Gasteiger partial charge < -0.3 is 34.6 Å². The zero-order valence-corrected chi connectivity index (χ0v) is 28.5.